The van der Waals surface area contributed by atoms with Gasteiger partial charge in [0.15, 0.2) is 0 Å². The largest absolute Gasteiger partial charge is 0.490 e. The van der Waals surface area contributed by atoms with Gasteiger partial charge in [-0.2, -0.15) is 0 Å². The van der Waals surface area contributed by atoms with Gasteiger partial charge in [-0.25, -0.2) is 14.5 Å². The minimum Gasteiger partial charge on any atom is -0.490 e. The van der Waals surface area contributed by atoms with Crippen LogP contribution < -0.4 is 4.74 Å². The summed E-state index contributed by atoms with van der Waals surface area (Å²) in [6, 6.07) is 18.8. The van der Waals surface area contributed by atoms with Crippen LogP contribution in [0.5, 0.6) is 5.75 Å². The van der Waals surface area contributed by atoms with E-state index in [0.29, 0.717) is 34.4 Å². The van der Waals surface area contributed by atoms with Crippen molar-refractivity contribution in [2.24, 2.45) is 0 Å². The van der Waals surface area contributed by atoms with Crippen LogP contribution >= 0.6 is 15.9 Å². The number of nitrogens with zero attached hydrogens (tertiary/aromatic N) is 6. The van der Waals surface area contributed by atoms with E-state index in [1.54, 1.807) is 27.8 Å². The van der Waals surface area contributed by atoms with Crippen LogP contribution in [0.25, 0.3) is 16.7 Å². The van der Waals surface area contributed by atoms with E-state index in [-0.39, 0.29) is 19.1 Å². The number of fused-ring (bicyclic) bond motifs is 2. The summed E-state index contributed by atoms with van der Waals surface area (Å²) in [6.07, 6.45) is 1.86. The van der Waals surface area contributed by atoms with Gasteiger partial charge in [0.25, 0.3) is 5.91 Å². The molecule has 10 nitrogen and oxygen atoms in total. The van der Waals surface area contributed by atoms with Crippen molar-refractivity contribution in [3.63, 3.8) is 0 Å². The molecule has 1 aliphatic heterocycles. The molecule has 1 amide bonds. The number of rotatable bonds is 5. The average Bonchev–Trinajstić information content (AvgIpc) is 3.49. The number of carbonyl (C=O) groups is 2. The van der Waals surface area contributed by atoms with E-state index in [1.165, 1.54) is 7.11 Å². The lowest BCUT2D eigenvalue weighted by atomic mass is 10.1. The van der Waals surface area contributed by atoms with Crippen LogP contribution in [-0.2, 0) is 17.8 Å². The molecular formula is C29H25BrN6O4. The Hall–Kier alpha value is -4.51. The number of para-hydroxylation sites is 2. The molecule has 40 heavy (non-hydrogen) atoms. The SMILES string of the molecule is COC(=O)c1cc(Br)cc2c1OCCN(C(=O)c1cccc(-n3cc(Cn4c(C)nc5ccccc54)nn3)c1)C2. The van der Waals surface area contributed by atoms with Gasteiger partial charge in [-0.3, -0.25) is 4.79 Å². The molecule has 0 saturated heterocycles. The Labute approximate surface area is 238 Å². The summed E-state index contributed by atoms with van der Waals surface area (Å²) < 4.78 is 15.3. The minimum atomic E-state index is -0.492. The summed E-state index contributed by atoms with van der Waals surface area (Å²) in [5, 5.41) is 8.68. The molecule has 5 aromatic rings. The van der Waals surface area contributed by atoms with Gasteiger partial charge >= 0.3 is 5.97 Å². The number of aryl methyl sites for hydroxylation is 1. The predicted octanol–water partition coefficient (Wildman–Crippen LogP) is 4.56. The van der Waals surface area contributed by atoms with E-state index in [1.807, 2.05) is 55.6 Å². The fraction of sp³-hybridized carbons (Fsp3) is 0.207. The lowest BCUT2D eigenvalue weighted by Crippen LogP contribution is -2.32. The van der Waals surface area contributed by atoms with Crippen LogP contribution in [0.3, 0.4) is 0 Å². The second-order valence-electron chi connectivity index (χ2n) is 9.45. The Morgan fingerprint density at radius 2 is 1.95 bits per heavy atom. The Balaban J connectivity index is 1.24. The van der Waals surface area contributed by atoms with Crippen LogP contribution in [0.15, 0.2) is 71.3 Å². The van der Waals surface area contributed by atoms with E-state index in [0.717, 1.165) is 33.8 Å². The van der Waals surface area contributed by atoms with Crippen molar-refractivity contribution in [2.45, 2.75) is 20.0 Å². The zero-order valence-electron chi connectivity index (χ0n) is 21.9. The van der Waals surface area contributed by atoms with Gasteiger partial charge in [-0.15, -0.1) is 5.10 Å². The Kier molecular flexibility index (Phi) is 6.81. The van der Waals surface area contributed by atoms with Crippen molar-refractivity contribution in [3.05, 3.63) is 99.5 Å². The van der Waals surface area contributed by atoms with Crippen molar-refractivity contribution in [3.8, 4) is 11.4 Å². The Morgan fingerprint density at radius 3 is 2.80 bits per heavy atom. The molecule has 3 heterocycles. The van der Waals surface area contributed by atoms with Crippen molar-refractivity contribution >= 4 is 38.8 Å². The molecule has 0 atom stereocenters. The molecule has 2 aromatic heterocycles. The van der Waals surface area contributed by atoms with Crippen LogP contribution in [0.2, 0.25) is 0 Å². The molecule has 6 rings (SSSR count). The van der Waals surface area contributed by atoms with E-state index < -0.39 is 5.97 Å². The van der Waals surface area contributed by atoms with Crippen LogP contribution in [-0.4, -0.2) is 61.6 Å². The molecule has 0 spiro atoms. The highest BCUT2D eigenvalue weighted by Gasteiger charge is 2.26. The standard InChI is InChI=1S/C29H25BrN6O4/c1-18-31-25-8-3-4-9-26(25)35(18)16-22-17-36(33-32-22)23-7-5-6-19(13-23)28(37)34-10-11-40-27-20(15-34)12-21(30)14-24(27)29(38)39-2/h3-9,12-14,17H,10-11,15-16H2,1-2H3. The fourth-order valence-electron chi connectivity index (χ4n) is 4.93. The van der Waals surface area contributed by atoms with E-state index >= 15 is 0 Å². The maximum Gasteiger partial charge on any atom is 0.341 e. The maximum absolute atomic E-state index is 13.6. The lowest BCUT2D eigenvalue weighted by molar-refractivity contribution is 0.0594. The van der Waals surface area contributed by atoms with Crippen molar-refractivity contribution in [1.29, 1.82) is 0 Å². The highest BCUT2D eigenvalue weighted by molar-refractivity contribution is 9.10. The molecule has 202 valence electrons. The van der Waals surface area contributed by atoms with Gasteiger partial charge < -0.3 is 18.9 Å². The first-order chi connectivity index (χ1) is 19.4. The first-order valence-electron chi connectivity index (χ1n) is 12.7. The number of aromatic nitrogens is 5. The van der Waals surface area contributed by atoms with Gasteiger partial charge in [-0.1, -0.05) is 39.3 Å². The molecule has 11 heteroatoms. The third-order valence-electron chi connectivity index (χ3n) is 6.86. The zero-order chi connectivity index (χ0) is 27.8. The van der Waals surface area contributed by atoms with Gasteiger partial charge in [0, 0.05) is 22.1 Å². The molecule has 0 saturated carbocycles. The average molecular weight is 601 g/mol. The third kappa shape index (κ3) is 4.84. The Bertz CT molecular complexity index is 1760. The monoisotopic (exact) mass is 600 g/mol. The van der Waals surface area contributed by atoms with Gasteiger partial charge in [0.05, 0.1) is 43.1 Å². The smallest absolute Gasteiger partial charge is 0.341 e. The van der Waals surface area contributed by atoms with Gasteiger partial charge in [0.1, 0.15) is 29.4 Å². The van der Waals surface area contributed by atoms with E-state index in [4.69, 9.17) is 9.47 Å². The van der Waals surface area contributed by atoms with Gasteiger partial charge in [-0.05, 0) is 49.4 Å². The highest BCUT2D eigenvalue weighted by Crippen LogP contribution is 2.32. The number of benzene rings is 3. The number of methoxy groups -OCH3 is 1. The second-order valence-corrected chi connectivity index (χ2v) is 10.4. The van der Waals surface area contributed by atoms with Crippen LogP contribution in [0.4, 0.5) is 0 Å². The summed E-state index contributed by atoms with van der Waals surface area (Å²) in [5.41, 5.74) is 5.03. The topological polar surface area (TPSA) is 104 Å². The number of amides is 1. The summed E-state index contributed by atoms with van der Waals surface area (Å²) in [5.74, 6) is 0.694. The second kappa shape index (κ2) is 10.6. The molecule has 0 N–H and O–H groups in total. The first kappa shape index (κ1) is 25.8. The summed E-state index contributed by atoms with van der Waals surface area (Å²) in [6.45, 7) is 3.40. The molecule has 3 aromatic carbocycles. The highest BCUT2D eigenvalue weighted by atomic mass is 79.9. The molecule has 1 aliphatic rings. The van der Waals surface area contributed by atoms with Crippen molar-refractivity contribution in [2.75, 3.05) is 20.3 Å². The van der Waals surface area contributed by atoms with Crippen molar-refractivity contribution in [1.82, 2.24) is 29.4 Å². The van der Waals surface area contributed by atoms with Gasteiger partial charge in [0.2, 0.25) is 0 Å². The number of esters is 1. The quantitative estimate of drug-likeness (QED) is 0.272. The van der Waals surface area contributed by atoms with Crippen LogP contribution in [0.1, 0.15) is 37.8 Å². The Morgan fingerprint density at radius 1 is 1.10 bits per heavy atom. The summed E-state index contributed by atoms with van der Waals surface area (Å²) >= 11 is 3.45. The molecule has 0 unspecified atom stereocenters. The van der Waals surface area contributed by atoms with E-state index in [9.17, 15) is 9.59 Å². The molecule has 0 fully saturated rings. The molecule has 0 radical (unpaired) electrons. The minimum absolute atomic E-state index is 0.154. The lowest BCUT2D eigenvalue weighted by Gasteiger charge is -2.20. The number of halogens is 1. The molecule has 0 bridgehead atoms. The third-order valence-corrected chi connectivity index (χ3v) is 7.31. The normalized spacial score (nSPS) is 13.0. The van der Waals surface area contributed by atoms with Crippen molar-refractivity contribution < 1.29 is 19.1 Å². The molecular weight excluding hydrogens is 576 g/mol. The predicted molar refractivity (Wildman–Crippen MR) is 151 cm³/mol. The first-order valence-corrected chi connectivity index (χ1v) is 13.5. The van der Waals surface area contributed by atoms with Crippen LogP contribution in [0, 0.1) is 6.92 Å². The summed E-state index contributed by atoms with van der Waals surface area (Å²) in [7, 11) is 1.33. The number of carbonyl (C=O) groups excluding carboxylic acids is 2. The maximum atomic E-state index is 13.6. The number of hydrogen-bond donors (Lipinski definition) is 0. The summed E-state index contributed by atoms with van der Waals surface area (Å²) in [4.78, 5) is 32.2. The fourth-order valence-corrected chi connectivity index (χ4v) is 5.44. The number of ether oxygens (including phenoxy) is 2. The molecule has 0 aliphatic carbocycles. The number of imidazole rings is 1. The zero-order valence-corrected chi connectivity index (χ0v) is 23.5. The number of hydrogen-bond acceptors (Lipinski definition) is 7. The van der Waals surface area contributed by atoms with E-state index in [2.05, 4.69) is 35.8 Å².